The van der Waals surface area contributed by atoms with Gasteiger partial charge in [0.15, 0.2) is 6.10 Å². The molecule has 0 aliphatic rings. The summed E-state index contributed by atoms with van der Waals surface area (Å²) in [6, 6.07) is 0. The lowest BCUT2D eigenvalue weighted by Gasteiger charge is -2.05. The van der Waals surface area contributed by atoms with Gasteiger partial charge in [0.25, 0.3) is 0 Å². The summed E-state index contributed by atoms with van der Waals surface area (Å²) in [5.41, 5.74) is 0. The Bertz CT molecular complexity index is 1140. The van der Waals surface area contributed by atoms with Crippen LogP contribution >= 0.6 is 0 Å². The van der Waals surface area contributed by atoms with E-state index in [1.165, 1.54) is 76.7 Å². The van der Waals surface area contributed by atoms with Crippen molar-refractivity contribution in [2.24, 2.45) is 0 Å². The molecule has 4 N–H and O–H groups in total. The maximum atomic E-state index is 9.93. The van der Waals surface area contributed by atoms with Gasteiger partial charge in [-0.25, -0.2) is 0 Å². The molecule has 4 heteroatoms. The highest BCUT2D eigenvalue weighted by Gasteiger charge is 2.00. The zero-order chi connectivity index (χ0) is 36.6. The van der Waals surface area contributed by atoms with Gasteiger partial charge in [-0.05, 0) is 95.3 Å². The summed E-state index contributed by atoms with van der Waals surface area (Å²) in [5, 5.41) is 38.3. The third-order valence-corrected chi connectivity index (χ3v) is 8.20. The highest BCUT2D eigenvalue weighted by molar-refractivity contribution is 5.24. The first kappa shape index (κ1) is 46.8. The summed E-state index contributed by atoms with van der Waals surface area (Å²) >= 11 is 0. The summed E-state index contributed by atoms with van der Waals surface area (Å²) in [7, 11) is 0. The van der Waals surface area contributed by atoms with Crippen molar-refractivity contribution in [3.05, 3.63) is 60.8 Å². The Morgan fingerprint density at radius 2 is 0.900 bits per heavy atom. The number of allylic oxidation sites excluding steroid dienone is 7. The number of unbranched alkanes of at least 4 members (excludes halogenated alkanes) is 19. The normalized spacial score (nSPS) is 14.0. The van der Waals surface area contributed by atoms with Gasteiger partial charge >= 0.3 is 0 Å². The van der Waals surface area contributed by atoms with Crippen LogP contribution in [-0.2, 0) is 0 Å². The largest absolute Gasteiger partial charge is 0.389 e. The van der Waals surface area contributed by atoms with Crippen molar-refractivity contribution in [2.75, 3.05) is 0 Å². The quantitative estimate of drug-likeness (QED) is 0.0345. The predicted octanol–water partition coefficient (Wildman–Crippen LogP) is 9.85. The van der Waals surface area contributed by atoms with Gasteiger partial charge in [0.05, 0.1) is 6.10 Å². The van der Waals surface area contributed by atoms with Crippen LogP contribution in [0.2, 0.25) is 0 Å². The zero-order valence-corrected chi connectivity index (χ0v) is 31.0. The van der Waals surface area contributed by atoms with Gasteiger partial charge < -0.3 is 20.4 Å². The summed E-state index contributed by atoms with van der Waals surface area (Å²) < 4.78 is 0. The molecule has 0 heterocycles. The smallest absolute Gasteiger partial charge is 0.176 e. The zero-order valence-electron chi connectivity index (χ0n) is 31.0. The third-order valence-electron chi connectivity index (χ3n) is 8.20. The molecule has 0 saturated heterocycles. The first-order chi connectivity index (χ1) is 24.5. The number of hydrogen-bond acceptors (Lipinski definition) is 4. The Morgan fingerprint density at radius 3 is 1.48 bits per heavy atom. The molecule has 0 aliphatic carbocycles. The second kappa shape index (κ2) is 38.6. The van der Waals surface area contributed by atoms with E-state index in [2.05, 4.69) is 65.9 Å². The molecular weight excluding hydrogens is 617 g/mol. The van der Waals surface area contributed by atoms with Gasteiger partial charge in [-0.3, -0.25) is 0 Å². The maximum absolute atomic E-state index is 9.93. The highest BCUT2D eigenvalue weighted by Crippen LogP contribution is 2.13. The Morgan fingerprint density at radius 1 is 0.440 bits per heavy atom. The SMILES string of the molecule is C#CC(O)/C=C/CCCCCCCCCCCCC/C=C\CC/C=C/C#CC(O)C#CCCCC/C=C\CCCCCC(O)/C=C/C(O)C#C. The van der Waals surface area contributed by atoms with Gasteiger partial charge in [-0.15, -0.1) is 12.8 Å². The van der Waals surface area contributed by atoms with Crippen LogP contribution in [-0.4, -0.2) is 44.8 Å². The lowest BCUT2D eigenvalue weighted by molar-refractivity contribution is 0.205. The van der Waals surface area contributed by atoms with Crippen LogP contribution in [0.5, 0.6) is 0 Å². The monoisotopic (exact) mass is 685 g/mol. The van der Waals surface area contributed by atoms with E-state index in [4.69, 9.17) is 12.8 Å². The Labute approximate surface area is 307 Å². The average molecular weight is 685 g/mol. The molecule has 0 fully saturated rings. The molecule has 0 bridgehead atoms. The molecule has 0 spiro atoms. The van der Waals surface area contributed by atoms with Gasteiger partial charge in [0, 0.05) is 6.42 Å². The first-order valence-electron chi connectivity index (χ1n) is 19.4. The molecule has 4 atom stereocenters. The first-order valence-corrected chi connectivity index (χ1v) is 19.4. The van der Waals surface area contributed by atoms with Crippen molar-refractivity contribution >= 4 is 0 Å². The van der Waals surface area contributed by atoms with Crippen molar-refractivity contribution in [1.82, 2.24) is 0 Å². The van der Waals surface area contributed by atoms with E-state index in [1.54, 1.807) is 12.2 Å². The molecule has 0 rings (SSSR count). The Kier molecular flexibility index (Phi) is 36.1. The lowest BCUT2D eigenvalue weighted by atomic mass is 10.0. The molecule has 0 aromatic rings. The van der Waals surface area contributed by atoms with Gasteiger partial charge in [-0.2, -0.15) is 0 Å². The molecule has 0 saturated carbocycles. The fraction of sp³-hybridized carbons (Fsp3) is 0.609. The van der Waals surface area contributed by atoms with Crippen molar-refractivity contribution in [2.45, 2.75) is 179 Å². The fourth-order valence-corrected chi connectivity index (χ4v) is 5.19. The van der Waals surface area contributed by atoms with E-state index < -0.39 is 24.4 Å². The van der Waals surface area contributed by atoms with E-state index in [1.807, 2.05) is 12.2 Å². The minimum absolute atomic E-state index is 0.549. The summed E-state index contributed by atoms with van der Waals surface area (Å²) in [6.07, 6.45) is 54.1. The second-order valence-electron chi connectivity index (χ2n) is 12.9. The molecule has 4 nitrogen and oxygen atoms in total. The van der Waals surface area contributed by atoms with E-state index >= 15 is 0 Å². The predicted molar refractivity (Wildman–Crippen MR) is 214 cm³/mol. The molecule has 276 valence electrons. The Hall–Kier alpha value is -3.22. The van der Waals surface area contributed by atoms with E-state index in [-0.39, 0.29) is 0 Å². The molecule has 4 unspecified atom stereocenters. The summed E-state index contributed by atoms with van der Waals surface area (Å²) in [5.74, 6) is 16.0. The average Bonchev–Trinajstić information content (AvgIpc) is 3.12. The summed E-state index contributed by atoms with van der Waals surface area (Å²) in [4.78, 5) is 0. The molecule has 50 heavy (non-hydrogen) atoms. The molecular formula is C46H68O4. The minimum atomic E-state index is -0.925. The van der Waals surface area contributed by atoms with Crippen molar-refractivity contribution < 1.29 is 20.4 Å². The number of rotatable bonds is 30. The van der Waals surface area contributed by atoms with Crippen LogP contribution in [0, 0.1) is 48.4 Å². The standard InChI is InChI=1S/C46H68O4/c1-3-43(47)37-33-29-25-21-17-14-12-10-8-6-5-7-9-11-13-15-18-22-26-30-34-38-45(49)39-35-31-27-23-19-16-20-24-28-32-36-40-46(50)42-41-44(48)4-2/h1-2,13,15-16,20,26,30,33,37,41-50H,5-12,14,17-19,21-25,27-29,31-32,36,40H2/b15-13-,20-16-,30-26+,37-33+,42-41+. The van der Waals surface area contributed by atoms with Crippen LogP contribution in [0.3, 0.4) is 0 Å². The molecule has 0 aromatic heterocycles. The van der Waals surface area contributed by atoms with E-state index in [9.17, 15) is 20.4 Å². The number of terminal acetylenes is 2. The highest BCUT2D eigenvalue weighted by atomic mass is 16.3. The van der Waals surface area contributed by atoms with Crippen LogP contribution in [0.1, 0.15) is 154 Å². The van der Waals surface area contributed by atoms with Gasteiger partial charge in [0.1, 0.15) is 12.2 Å². The van der Waals surface area contributed by atoms with E-state index in [0.717, 1.165) is 77.0 Å². The minimum Gasteiger partial charge on any atom is -0.389 e. The van der Waals surface area contributed by atoms with Gasteiger partial charge in [-0.1, -0.05) is 149 Å². The van der Waals surface area contributed by atoms with Crippen LogP contribution in [0.4, 0.5) is 0 Å². The number of aliphatic hydroxyl groups excluding tert-OH is 4. The molecule has 0 aromatic carbocycles. The number of aliphatic hydroxyl groups is 4. The van der Waals surface area contributed by atoms with Crippen molar-refractivity contribution in [1.29, 1.82) is 0 Å². The molecule has 0 aliphatic heterocycles. The van der Waals surface area contributed by atoms with Crippen LogP contribution < -0.4 is 0 Å². The van der Waals surface area contributed by atoms with Crippen molar-refractivity contribution in [3.63, 3.8) is 0 Å². The third kappa shape index (κ3) is 37.6. The topological polar surface area (TPSA) is 80.9 Å². The molecule has 0 radical (unpaired) electrons. The maximum Gasteiger partial charge on any atom is 0.176 e. The summed E-state index contributed by atoms with van der Waals surface area (Å²) in [6.45, 7) is 0. The van der Waals surface area contributed by atoms with Crippen molar-refractivity contribution in [3.8, 4) is 48.4 Å². The van der Waals surface area contributed by atoms with E-state index in [0.29, 0.717) is 6.42 Å². The number of hydrogen-bond donors (Lipinski definition) is 4. The second-order valence-corrected chi connectivity index (χ2v) is 12.9. The lowest BCUT2D eigenvalue weighted by Crippen LogP contribution is -2.04. The Balaban J connectivity index is 3.56. The fourth-order valence-electron chi connectivity index (χ4n) is 5.19. The van der Waals surface area contributed by atoms with Crippen LogP contribution in [0.25, 0.3) is 0 Å². The van der Waals surface area contributed by atoms with Crippen LogP contribution in [0.15, 0.2) is 60.8 Å². The van der Waals surface area contributed by atoms with Gasteiger partial charge in [0.2, 0.25) is 0 Å². The molecule has 0 amide bonds.